The molecule has 1 fully saturated rings. The lowest BCUT2D eigenvalue weighted by Crippen LogP contribution is -2.31. The van der Waals surface area contributed by atoms with Crippen LogP contribution in [0.3, 0.4) is 0 Å². The average Bonchev–Trinajstić information content (AvgIpc) is 2.81. The van der Waals surface area contributed by atoms with Crippen LogP contribution < -0.4 is 0 Å². The molecule has 3 atom stereocenters. The second kappa shape index (κ2) is 4.95. The number of aliphatic hydroxyl groups is 1. The van der Waals surface area contributed by atoms with Gasteiger partial charge >= 0.3 is 0 Å². The minimum absolute atomic E-state index is 0.0633. The first-order valence-electron chi connectivity index (χ1n) is 6.38. The molecule has 2 nitrogen and oxygen atoms in total. The van der Waals surface area contributed by atoms with Crippen LogP contribution in [0.15, 0.2) is 23.3 Å². The van der Waals surface area contributed by atoms with Gasteiger partial charge in [0.2, 0.25) is 0 Å². The number of ether oxygens (including phenoxy) is 1. The third kappa shape index (κ3) is 2.80. The molecule has 0 saturated carbocycles. The fourth-order valence-electron chi connectivity index (χ4n) is 2.38. The van der Waals surface area contributed by atoms with E-state index < -0.39 is 5.60 Å². The highest BCUT2D eigenvalue weighted by Crippen LogP contribution is 2.54. The van der Waals surface area contributed by atoms with Crippen LogP contribution in [0.25, 0.3) is 0 Å². The zero-order chi connectivity index (χ0) is 13.3. The van der Waals surface area contributed by atoms with Crippen molar-refractivity contribution in [3.8, 4) is 0 Å². The van der Waals surface area contributed by atoms with Crippen molar-refractivity contribution in [2.75, 3.05) is 6.61 Å². The summed E-state index contributed by atoms with van der Waals surface area (Å²) in [7, 11) is 0. The molecule has 0 aliphatic carbocycles. The van der Waals surface area contributed by atoms with E-state index in [1.54, 1.807) is 0 Å². The van der Waals surface area contributed by atoms with Crippen molar-refractivity contribution < 1.29 is 9.84 Å². The molecule has 1 aliphatic rings. The van der Waals surface area contributed by atoms with E-state index >= 15 is 0 Å². The van der Waals surface area contributed by atoms with Crippen LogP contribution in [0.1, 0.15) is 48.0 Å². The van der Waals surface area contributed by atoms with Gasteiger partial charge in [-0.2, -0.15) is 0 Å². The second-order valence-electron chi connectivity index (χ2n) is 5.90. The predicted molar refractivity (Wildman–Crippen MR) is 71.9 cm³/mol. The Kier molecular flexibility index (Phi) is 4.21. The minimum Gasteiger partial charge on any atom is -0.393 e. The lowest BCUT2D eigenvalue weighted by Gasteiger charge is -2.18. The Morgan fingerprint density at radius 1 is 1.24 bits per heavy atom. The molecule has 0 aromatic heterocycles. The summed E-state index contributed by atoms with van der Waals surface area (Å²) in [5, 5.41) is 9.58. The standard InChI is InChI=1S/C15H26O2/c1-11(2)7-8-13(5)14(6)15(10-16,17-14)9-12(3)4/h7,9,13,16H,8,10H2,1-6H3. The third-order valence-electron chi connectivity index (χ3n) is 3.77. The van der Waals surface area contributed by atoms with Crippen molar-refractivity contribution in [1.29, 1.82) is 0 Å². The van der Waals surface area contributed by atoms with Crippen LogP contribution in [0, 0.1) is 5.92 Å². The summed E-state index contributed by atoms with van der Waals surface area (Å²) in [5.74, 6) is 0.403. The van der Waals surface area contributed by atoms with Gasteiger partial charge in [0.05, 0.1) is 6.61 Å². The Hall–Kier alpha value is -0.600. The monoisotopic (exact) mass is 238 g/mol. The molecule has 0 amide bonds. The van der Waals surface area contributed by atoms with Crippen LogP contribution in [-0.2, 0) is 4.74 Å². The first-order chi connectivity index (χ1) is 7.77. The summed E-state index contributed by atoms with van der Waals surface area (Å²) in [5.41, 5.74) is 1.83. The molecule has 0 spiro atoms. The maximum absolute atomic E-state index is 9.58. The van der Waals surface area contributed by atoms with Crippen LogP contribution in [-0.4, -0.2) is 22.9 Å². The van der Waals surface area contributed by atoms with E-state index in [0.717, 1.165) is 6.42 Å². The Bertz CT molecular complexity index is 335. The smallest absolute Gasteiger partial charge is 0.139 e. The van der Waals surface area contributed by atoms with E-state index in [-0.39, 0.29) is 12.2 Å². The van der Waals surface area contributed by atoms with Gasteiger partial charge in [0.25, 0.3) is 0 Å². The van der Waals surface area contributed by atoms with Crippen LogP contribution in [0.4, 0.5) is 0 Å². The molecule has 0 radical (unpaired) electrons. The maximum atomic E-state index is 9.58. The summed E-state index contributed by atoms with van der Waals surface area (Å²) in [6.07, 6.45) is 5.30. The fraction of sp³-hybridized carbons (Fsp3) is 0.733. The SMILES string of the molecule is CC(C)=CCC(C)C1(C)OC1(C=C(C)C)CO. The largest absolute Gasteiger partial charge is 0.393 e. The number of hydrogen-bond acceptors (Lipinski definition) is 2. The quantitative estimate of drug-likeness (QED) is 0.587. The van der Waals surface area contributed by atoms with Gasteiger partial charge in [-0.05, 0) is 53.0 Å². The summed E-state index contributed by atoms with van der Waals surface area (Å²) < 4.78 is 5.89. The number of aliphatic hydroxyl groups excluding tert-OH is 1. The molecule has 0 aromatic rings. The van der Waals surface area contributed by atoms with E-state index in [9.17, 15) is 5.11 Å². The number of epoxide rings is 1. The molecule has 1 aliphatic heterocycles. The van der Waals surface area contributed by atoms with E-state index in [0.29, 0.717) is 5.92 Å². The van der Waals surface area contributed by atoms with Gasteiger partial charge in [0, 0.05) is 0 Å². The first-order valence-corrected chi connectivity index (χ1v) is 6.38. The number of allylic oxidation sites excluding steroid dienone is 3. The highest BCUT2D eigenvalue weighted by atomic mass is 16.6. The van der Waals surface area contributed by atoms with Crippen molar-refractivity contribution in [1.82, 2.24) is 0 Å². The van der Waals surface area contributed by atoms with Crippen LogP contribution in [0.2, 0.25) is 0 Å². The van der Waals surface area contributed by atoms with Crippen LogP contribution in [0.5, 0.6) is 0 Å². The third-order valence-corrected chi connectivity index (χ3v) is 3.77. The van der Waals surface area contributed by atoms with Gasteiger partial charge in [0.1, 0.15) is 11.2 Å². The lowest BCUT2D eigenvalue weighted by molar-refractivity contribution is 0.194. The number of rotatable bonds is 5. The van der Waals surface area contributed by atoms with Gasteiger partial charge in [-0.15, -0.1) is 0 Å². The molecule has 0 bridgehead atoms. The second-order valence-corrected chi connectivity index (χ2v) is 5.90. The topological polar surface area (TPSA) is 32.8 Å². The van der Waals surface area contributed by atoms with Gasteiger partial charge in [0.15, 0.2) is 0 Å². The van der Waals surface area contributed by atoms with Crippen molar-refractivity contribution >= 4 is 0 Å². The van der Waals surface area contributed by atoms with Crippen molar-refractivity contribution in [2.24, 2.45) is 5.92 Å². The van der Waals surface area contributed by atoms with E-state index in [4.69, 9.17) is 4.74 Å². The molecule has 1 N–H and O–H groups in total. The molecule has 1 heterocycles. The maximum Gasteiger partial charge on any atom is 0.139 e. The van der Waals surface area contributed by atoms with Gasteiger partial charge in [-0.25, -0.2) is 0 Å². The normalized spacial score (nSPS) is 32.9. The molecular formula is C15H26O2. The molecule has 17 heavy (non-hydrogen) atoms. The zero-order valence-corrected chi connectivity index (χ0v) is 12.0. The first kappa shape index (κ1) is 14.5. The lowest BCUT2D eigenvalue weighted by atomic mass is 9.81. The van der Waals surface area contributed by atoms with E-state index in [1.165, 1.54) is 11.1 Å². The summed E-state index contributed by atoms with van der Waals surface area (Å²) in [6.45, 7) is 12.7. The minimum atomic E-state index is -0.458. The van der Waals surface area contributed by atoms with Crippen LogP contribution >= 0.6 is 0 Å². The summed E-state index contributed by atoms with van der Waals surface area (Å²) >= 11 is 0. The molecular weight excluding hydrogens is 212 g/mol. The van der Waals surface area contributed by atoms with Crippen molar-refractivity contribution in [3.05, 3.63) is 23.3 Å². The van der Waals surface area contributed by atoms with Crippen molar-refractivity contribution in [2.45, 2.75) is 59.2 Å². The highest BCUT2D eigenvalue weighted by molar-refractivity contribution is 5.28. The summed E-state index contributed by atoms with van der Waals surface area (Å²) in [4.78, 5) is 0. The Morgan fingerprint density at radius 3 is 2.24 bits per heavy atom. The number of hydrogen-bond donors (Lipinski definition) is 1. The average molecular weight is 238 g/mol. The van der Waals surface area contributed by atoms with Gasteiger partial charge in [-0.3, -0.25) is 0 Å². The predicted octanol–water partition coefficient (Wildman–Crippen LogP) is 3.47. The highest BCUT2D eigenvalue weighted by Gasteiger charge is 2.67. The van der Waals surface area contributed by atoms with E-state index in [1.807, 2.05) is 13.8 Å². The molecule has 1 saturated heterocycles. The van der Waals surface area contributed by atoms with Gasteiger partial charge in [-0.1, -0.05) is 24.1 Å². The van der Waals surface area contributed by atoms with E-state index in [2.05, 4.69) is 39.8 Å². The Labute approximate surface area is 105 Å². The Balaban J connectivity index is 2.79. The fourth-order valence-corrected chi connectivity index (χ4v) is 2.38. The molecule has 1 rings (SSSR count). The molecule has 2 heteroatoms. The van der Waals surface area contributed by atoms with Crippen molar-refractivity contribution in [3.63, 3.8) is 0 Å². The zero-order valence-electron chi connectivity index (χ0n) is 12.0. The molecule has 98 valence electrons. The Morgan fingerprint density at radius 2 is 1.82 bits per heavy atom. The molecule has 3 unspecified atom stereocenters. The van der Waals surface area contributed by atoms with Gasteiger partial charge < -0.3 is 9.84 Å². The molecule has 0 aromatic carbocycles. The summed E-state index contributed by atoms with van der Waals surface area (Å²) in [6, 6.07) is 0.